The van der Waals surface area contributed by atoms with Crippen LogP contribution in [0.15, 0.2) is 40.5 Å². The molecule has 0 aliphatic heterocycles. The van der Waals surface area contributed by atoms with Crippen LogP contribution in [0.5, 0.6) is 0 Å². The summed E-state index contributed by atoms with van der Waals surface area (Å²) in [5, 5.41) is 13.4. The Balaban J connectivity index is 1.54. The molecular weight excluding hydrogens is 365 g/mol. The van der Waals surface area contributed by atoms with Gasteiger partial charge in [0.1, 0.15) is 11.6 Å². The van der Waals surface area contributed by atoms with Gasteiger partial charge in [-0.3, -0.25) is 0 Å². The van der Waals surface area contributed by atoms with Crippen LogP contribution in [0.1, 0.15) is 48.2 Å². The number of allylic oxidation sites excluding steroid dienone is 1. The number of hydrogen-bond donors (Lipinski definition) is 0. The second kappa shape index (κ2) is 7.26. The maximum Gasteiger partial charge on any atom is 0.240 e. The molecule has 4 rings (SSSR count). The highest BCUT2D eigenvalue weighted by Crippen LogP contribution is 2.41. The summed E-state index contributed by atoms with van der Waals surface area (Å²) in [6.07, 6.45) is 4.17. The van der Waals surface area contributed by atoms with E-state index in [2.05, 4.69) is 31.5 Å². The second-order valence-corrected chi connectivity index (χ2v) is 8.00. The molecule has 1 aliphatic rings. The number of halogens is 1. The van der Waals surface area contributed by atoms with Crippen molar-refractivity contribution in [1.82, 2.24) is 24.9 Å². The van der Waals surface area contributed by atoms with Crippen LogP contribution in [0.25, 0.3) is 11.4 Å². The monoisotopic (exact) mass is 385 g/mol. The Kier molecular flexibility index (Phi) is 4.82. The average Bonchev–Trinajstić information content (AvgIpc) is 3.23. The minimum absolute atomic E-state index is 0.110. The third-order valence-electron chi connectivity index (χ3n) is 4.50. The van der Waals surface area contributed by atoms with Gasteiger partial charge in [-0.15, -0.1) is 16.8 Å². The van der Waals surface area contributed by atoms with Crippen LogP contribution >= 0.6 is 11.8 Å². The normalized spacial score (nSPS) is 15.1. The largest absolute Gasteiger partial charge is 0.338 e. The van der Waals surface area contributed by atoms with Gasteiger partial charge in [0.15, 0.2) is 5.16 Å². The Bertz CT molecular complexity index is 978. The Morgan fingerprint density at radius 1 is 1.41 bits per heavy atom. The van der Waals surface area contributed by atoms with E-state index in [-0.39, 0.29) is 11.1 Å². The SMILES string of the molecule is C=CCn1c(SC(C)c2nc(-c3ccc(C)c(F)c3)no2)nnc1C1CC1. The predicted octanol–water partition coefficient (Wildman–Crippen LogP) is 4.69. The van der Waals surface area contributed by atoms with Gasteiger partial charge in [-0.2, -0.15) is 4.98 Å². The van der Waals surface area contributed by atoms with Gasteiger partial charge in [0, 0.05) is 18.0 Å². The zero-order chi connectivity index (χ0) is 19.0. The van der Waals surface area contributed by atoms with Crippen molar-refractivity contribution in [2.45, 2.75) is 49.6 Å². The zero-order valence-electron chi connectivity index (χ0n) is 15.2. The molecule has 27 heavy (non-hydrogen) atoms. The highest BCUT2D eigenvalue weighted by Gasteiger charge is 2.31. The van der Waals surface area contributed by atoms with Crippen molar-refractivity contribution in [2.75, 3.05) is 0 Å². The molecule has 1 fully saturated rings. The molecule has 1 atom stereocenters. The van der Waals surface area contributed by atoms with E-state index >= 15 is 0 Å². The number of aryl methyl sites for hydroxylation is 1. The predicted molar refractivity (Wildman–Crippen MR) is 101 cm³/mol. The fourth-order valence-corrected chi connectivity index (χ4v) is 3.69. The van der Waals surface area contributed by atoms with E-state index in [1.807, 2.05) is 13.0 Å². The number of benzene rings is 1. The first-order chi connectivity index (χ1) is 13.1. The van der Waals surface area contributed by atoms with Gasteiger partial charge in [-0.1, -0.05) is 35.1 Å². The van der Waals surface area contributed by atoms with E-state index < -0.39 is 0 Å². The van der Waals surface area contributed by atoms with E-state index in [0.29, 0.717) is 35.3 Å². The summed E-state index contributed by atoms with van der Waals surface area (Å²) in [5.74, 6) is 2.09. The molecule has 140 valence electrons. The summed E-state index contributed by atoms with van der Waals surface area (Å²) in [6, 6.07) is 4.91. The third-order valence-corrected chi connectivity index (χ3v) is 5.57. The van der Waals surface area contributed by atoms with Crippen LogP contribution in [0, 0.1) is 12.7 Å². The van der Waals surface area contributed by atoms with Gasteiger partial charge in [0.2, 0.25) is 11.7 Å². The fraction of sp³-hybridized carbons (Fsp3) is 0.368. The topological polar surface area (TPSA) is 69.6 Å². The Morgan fingerprint density at radius 3 is 2.93 bits per heavy atom. The number of aromatic nitrogens is 5. The lowest BCUT2D eigenvalue weighted by atomic mass is 10.1. The van der Waals surface area contributed by atoms with Crippen LogP contribution in [0.4, 0.5) is 4.39 Å². The van der Waals surface area contributed by atoms with Crippen LogP contribution in [-0.4, -0.2) is 24.9 Å². The maximum atomic E-state index is 13.8. The summed E-state index contributed by atoms with van der Waals surface area (Å²) in [7, 11) is 0. The van der Waals surface area contributed by atoms with Gasteiger partial charge in [0.25, 0.3) is 0 Å². The number of rotatable bonds is 7. The molecule has 1 aromatic carbocycles. The summed E-state index contributed by atoms with van der Waals surface area (Å²) >= 11 is 1.51. The molecule has 0 bridgehead atoms. The molecule has 2 aromatic heterocycles. The lowest BCUT2D eigenvalue weighted by molar-refractivity contribution is 0.380. The number of hydrogen-bond acceptors (Lipinski definition) is 6. The molecule has 1 saturated carbocycles. The smallest absolute Gasteiger partial charge is 0.240 e. The van der Waals surface area contributed by atoms with E-state index in [4.69, 9.17) is 4.52 Å². The minimum Gasteiger partial charge on any atom is -0.338 e. The molecule has 0 saturated heterocycles. The zero-order valence-corrected chi connectivity index (χ0v) is 16.0. The summed E-state index contributed by atoms with van der Waals surface area (Å²) in [6.45, 7) is 8.19. The van der Waals surface area contributed by atoms with Gasteiger partial charge in [-0.25, -0.2) is 4.39 Å². The van der Waals surface area contributed by atoms with Crippen molar-refractivity contribution < 1.29 is 8.91 Å². The van der Waals surface area contributed by atoms with Gasteiger partial charge < -0.3 is 9.09 Å². The van der Waals surface area contributed by atoms with Crippen LogP contribution in [-0.2, 0) is 6.54 Å². The quantitative estimate of drug-likeness (QED) is 0.434. The van der Waals surface area contributed by atoms with E-state index in [1.54, 1.807) is 19.1 Å². The van der Waals surface area contributed by atoms with Crippen LogP contribution in [0.2, 0.25) is 0 Å². The van der Waals surface area contributed by atoms with Crippen LogP contribution in [0.3, 0.4) is 0 Å². The van der Waals surface area contributed by atoms with Crippen molar-refractivity contribution in [3.05, 3.63) is 53.9 Å². The first kappa shape index (κ1) is 17.9. The first-order valence-electron chi connectivity index (χ1n) is 8.87. The fourth-order valence-electron chi connectivity index (χ4n) is 2.79. The third kappa shape index (κ3) is 3.66. The molecular formula is C19H20FN5OS. The summed E-state index contributed by atoms with van der Waals surface area (Å²) < 4.78 is 21.3. The number of thioether (sulfide) groups is 1. The standard InChI is InChI=1S/C19H20FN5OS/c1-4-9-25-17(13-7-8-13)22-23-19(25)27-12(3)18-21-16(24-26-18)14-6-5-11(2)15(20)10-14/h4-6,10,12-13H,1,7-9H2,2-3H3. The molecule has 0 radical (unpaired) electrons. The van der Waals surface area contributed by atoms with E-state index in [0.717, 1.165) is 23.8 Å². The van der Waals surface area contributed by atoms with E-state index in [9.17, 15) is 4.39 Å². The van der Waals surface area contributed by atoms with Crippen molar-refractivity contribution in [1.29, 1.82) is 0 Å². The number of nitrogens with zero attached hydrogens (tertiary/aromatic N) is 5. The molecule has 0 amide bonds. The molecule has 1 aliphatic carbocycles. The van der Waals surface area contributed by atoms with Gasteiger partial charge in [0.05, 0.1) is 5.25 Å². The lowest BCUT2D eigenvalue weighted by Crippen LogP contribution is -2.03. The molecule has 1 unspecified atom stereocenters. The molecule has 2 heterocycles. The minimum atomic E-state index is -0.286. The van der Waals surface area contributed by atoms with Crippen molar-refractivity contribution >= 4 is 11.8 Å². The molecule has 0 spiro atoms. The summed E-state index contributed by atoms with van der Waals surface area (Å²) in [4.78, 5) is 4.43. The molecule has 0 N–H and O–H groups in total. The van der Waals surface area contributed by atoms with Crippen molar-refractivity contribution in [2.24, 2.45) is 0 Å². The Labute approximate surface area is 160 Å². The average molecular weight is 385 g/mol. The van der Waals surface area contributed by atoms with Crippen LogP contribution < -0.4 is 0 Å². The molecule has 3 aromatic rings. The second-order valence-electron chi connectivity index (χ2n) is 6.69. The molecule has 8 heteroatoms. The Morgan fingerprint density at radius 2 is 2.22 bits per heavy atom. The summed E-state index contributed by atoms with van der Waals surface area (Å²) in [5.41, 5.74) is 1.18. The van der Waals surface area contributed by atoms with E-state index in [1.165, 1.54) is 17.8 Å². The molecule has 6 nitrogen and oxygen atoms in total. The first-order valence-corrected chi connectivity index (χ1v) is 9.75. The van der Waals surface area contributed by atoms with Gasteiger partial charge >= 0.3 is 0 Å². The van der Waals surface area contributed by atoms with Crippen molar-refractivity contribution in [3.63, 3.8) is 0 Å². The highest BCUT2D eigenvalue weighted by atomic mass is 32.2. The maximum absolute atomic E-state index is 13.8. The van der Waals surface area contributed by atoms with Crippen molar-refractivity contribution in [3.8, 4) is 11.4 Å². The lowest BCUT2D eigenvalue weighted by Gasteiger charge is -2.09. The van der Waals surface area contributed by atoms with Gasteiger partial charge in [-0.05, 0) is 38.3 Å². The highest BCUT2D eigenvalue weighted by molar-refractivity contribution is 7.99. The Hall–Kier alpha value is -2.48.